The highest BCUT2D eigenvalue weighted by molar-refractivity contribution is 7.98. The molecule has 0 unspecified atom stereocenters. The summed E-state index contributed by atoms with van der Waals surface area (Å²) in [5, 5.41) is 13.7. The highest BCUT2D eigenvalue weighted by Crippen LogP contribution is 2.25. The maximum atomic E-state index is 12.1. The van der Waals surface area contributed by atoms with Crippen LogP contribution in [0.2, 0.25) is 0 Å². The van der Waals surface area contributed by atoms with E-state index in [0.29, 0.717) is 5.69 Å². The number of sulfone groups is 1. The smallest absolute Gasteiger partial charge is 0.338 e. The van der Waals surface area contributed by atoms with Crippen LogP contribution >= 0.6 is 11.8 Å². The first-order chi connectivity index (χ1) is 13.1. The molecule has 1 N–H and O–H groups in total. The quantitative estimate of drug-likeness (QED) is 0.310. The number of nitrogens with one attached hydrogen (secondary N) is 1. The number of nitro benzene ring substituents is 1. The summed E-state index contributed by atoms with van der Waals surface area (Å²) in [4.78, 5) is 34.6. The van der Waals surface area contributed by atoms with E-state index in [1.165, 1.54) is 11.8 Å². The predicted molar refractivity (Wildman–Crippen MR) is 103 cm³/mol. The number of hydrogen-bond acceptors (Lipinski definition) is 8. The number of carbonyl (C=O) groups excluding carboxylic acids is 2. The number of hydrogen-bond donors (Lipinski definition) is 1. The minimum atomic E-state index is -3.85. The van der Waals surface area contributed by atoms with Crippen LogP contribution in [0.1, 0.15) is 10.4 Å². The van der Waals surface area contributed by atoms with E-state index < -0.39 is 43.8 Å². The number of carbonyl (C=O) groups is 2. The highest BCUT2D eigenvalue weighted by atomic mass is 32.2. The van der Waals surface area contributed by atoms with Crippen LogP contribution in [0.15, 0.2) is 52.3 Å². The zero-order valence-electron chi connectivity index (χ0n) is 14.9. The third kappa shape index (κ3) is 5.54. The molecule has 0 bridgehead atoms. The summed E-state index contributed by atoms with van der Waals surface area (Å²) in [6.07, 6.45) is 2.71. The van der Waals surface area contributed by atoms with Gasteiger partial charge in [0.1, 0.15) is 4.90 Å². The van der Waals surface area contributed by atoms with Crippen molar-refractivity contribution in [2.75, 3.05) is 24.4 Å². The van der Waals surface area contributed by atoms with Gasteiger partial charge < -0.3 is 10.1 Å². The van der Waals surface area contributed by atoms with E-state index >= 15 is 0 Å². The lowest BCUT2D eigenvalue weighted by molar-refractivity contribution is -0.387. The Hall–Kier alpha value is -2.92. The van der Waals surface area contributed by atoms with Crippen molar-refractivity contribution in [3.63, 3.8) is 0 Å². The fraction of sp³-hybridized carbons (Fsp3) is 0.176. The second kappa shape index (κ2) is 8.85. The summed E-state index contributed by atoms with van der Waals surface area (Å²) in [5.74, 6) is -1.58. The molecule has 0 saturated carbocycles. The van der Waals surface area contributed by atoms with Gasteiger partial charge >= 0.3 is 5.97 Å². The van der Waals surface area contributed by atoms with Crippen LogP contribution in [-0.2, 0) is 19.4 Å². The molecule has 2 aromatic rings. The molecule has 0 aliphatic carbocycles. The molecule has 2 aromatic carbocycles. The van der Waals surface area contributed by atoms with Crippen LogP contribution < -0.4 is 5.32 Å². The molecule has 1 amide bonds. The van der Waals surface area contributed by atoms with Crippen LogP contribution in [0.3, 0.4) is 0 Å². The molecule has 0 spiro atoms. The van der Waals surface area contributed by atoms with Crippen molar-refractivity contribution in [1.29, 1.82) is 0 Å². The topological polar surface area (TPSA) is 133 Å². The van der Waals surface area contributed by atoms with Gasteiger partial charge in [0, 0.05) is 22.9 Å². The van der Waals surface area contributed by atoms with E-state index in [1.807, 2.05) is 12.3 Å². The Labute approximate surface area is 165 Å². The van der Waals surface area contributed by atoms with Crippen LogP contribution in [0.4, 0.5) is 11.4 Å². The van der Waals surface area contributed by atoms with E-state index in [9.17, 15) is 28.1 Å². The van der Waals surface area contributed by atoms with Gasteiger partial charge in [0.05, 0.1) is 10.5 Å². The minimum absolute atomic E-state index is 0.240. The fourth-order valence-electron chi connectivity index (χ4n) is 2.21. The van der Waals surface area contributed by atoms with E-state index in [0.717, 1.165) is 29.4 Å². The average molecular weight is 424 g/mol. The Morgan fingerprint density at radius 1 is 1.21 bits per heavy atom. The first kappa shape index (κ1) is 21.4. The molecular formula is C17H16N2O7S2. The SMILES string of the molecule is CSc1cccc(NC(=O)COC(=O)c2ccc(S(C)(=O)=O)c([N+](=O)[O-])c2)c1. The van der Waals surface area contributed by atoms with Crippen LogP contribution in [0, 0.1) is 10.1 Å². The molecule has 9 nitrogen and oxygen atoms in total. The monoisotopic (exact) mass is 424 g/mol. The first-order valence-corrected chi connectivity index (χ1v) is 10.8. The van der Waals surface area contributed by atoms with E-state index in [1.54, 1.807) is 18.2 Å². The largest absolute Gasteiger partial charge is 0.452 e. The van der Waals surface area contributed by atoms with Crippen LogP contribution in [0.25, 0.3) is 0 Å². The number of nitro groups is 1. The van der Waals surface area contributed by atoms with Gasteiger partial charge in [0.2, 0.25) is 0 Å². The van der Waals surface area contributed by atoms with E-state index in [-0.39, 0.29) is 5.56 Å². The molecule has 0 aliphatic rings. The van der Waals surface area contributed by atoms with Crippen molar-refractivity contribution in [2.24, 2.45) is 0 Å². The lowest BCUT2D eigenvalue weighted by Crippen LogP contribution is -2.21. The first-order valence-electron chi connectivity index (χ1n) is 7.71. The predicted octanol–water partition coefficient (Wildman–Crippen LogP) is 2.52. The summed E-state index contributed by atoms with van der Waals surface area (Å²) in [6.45, 7) is -0.607. The van der Waals surface area contributed by atoms with Gasteiger partial charge in [0.15, 0.2) is 16.4 Å². The van der Waals surface area contributed by atoms with Crippen LogP contribution in [-0.4, -0.2) is 44.3 Å². The summed E-state index contributed by atoms with van der Waals surface area (Å²) in [5.41, 5.74) is -0.451. The maximum Gasteiger partial charge on any atom is 0.338 e. The molecule has 11 heteroatoms. The van der Waals surface area contributed by atoms with Crippen molar-refractivity contribution < 1.29 is 27.7 Å². The highest BCUT2D eigenvalue weighted by Gasteiger charge is 2.24. The second-order valence-electron chi connectivity index (χ2n) is 5.57. The Bertz CT molecular complexity index is 1040. The van der Waals surface area contributed by atoms with E-state index in [4.69, 9.17) is 4.74 Å². The molecular weight excluding hydrogens is 408 g/mol. The van der Waals surface area contributed by atoms with Gasteiger partial charge in [-0.05, 0) is 36.6 Å². The maximum absolute atomic E-state index is 12.1. The van der Waals surface area contributed by atoms with Gasteiger partial charge in [-0.1, -0.05) is 6.07 Å². The number of rotatable bonds is 7. The Morgan fingerprint density at radius 3 is 2.54 bits per heavy atom. The third-order valence-corrected chi connectivity index (χ3v) is 5.35. The summed E-state index contributed by atoms with van der Waals surface area (Å²) >= 11 is 1.50. The third-order valence-electron chi connectivity index (χ3n) is 3.48. The minimum Gasteiger partial charge on any atom is -0.452 e. The molecule has 0 saturated heterocycles. The van der Waals surface area contributed by atoms with Crippen molar-refractivity contribution in [3.8, 4) is 0 Å². The molecule has 2 rings (SSSR count). The van der Waals surface area contributed by atoms with Crippen molar-refractivity contribution >= 4 is 44.9 Å². The molecule has 0 aliphatic heterocycles. The summed E-state index contributed by atoms with van der Waals surface area (Å²) in [6, 6.07) is 9.90. The zero-order chi connectivity index (χ0) is 20.9. The molecule has 148 valence electrons. The van der Waals surface area contributed by atoms with E-state index in [2.05, 4.69) is 5.32 Å². The number of anilines is 1. The van der Waals surface area contributed by atoms with Crippen molar-refractivity contribution in [3.05, 3.63) is 58.1 Å². The van der Waals surface area contributed by atoms with Gasteiger partial charge in [-0.25, -0.2) is 13.2 Å². The Kier molecular flexibility index (Phi) is 6.75. The average Bonchev–Trinajstić information content (AvgIpc) is 2.65. The number of esters is 1. The Balaban J connectivity index is 2.07. The molecule has 0 aromatic heterocycles. The normalized spacial score (nSPS) is 10.9. The van der Waals surface area contributed by atoms with Crippen molar-refractivity contribution in [1.82, 2.24) is 0 Å². The van der Waals surface area contributed by atoms with Crippen LogP contribution in [0.5, 0.6) is 0 Å². The fourth-order valence-corrected chi connectivity index (χ4v) is 3.50. The molecule has 28 heavy (non-hydrogen) atoms. The lowest BCUT2D eigenvalue weighted by Gasteiger charge is -2.08. The lowest BCUT2D eigenvalue weighted by atomic mass is 10.2. The molecule has 0 fully saturated rings. The molecule has 0 atom stereocenters. The second-order valence-corrected chi connectivity index (χ2v) is 8.43. The zero-order valence-corrected chi connectivity index (χ0v) is 16.5. The van der Waals surface area contributed by atoms with Gasteiger partial charge in [-0.15, -0.1) is 11.8 Å². The van der Waals surface area contributed by atoms with Gasteiger partial charge in [-0.3, -0.25) is 14.9 Å². The summed E-state index contributed by atoms with van der Waals surface area (Å²) < 4.78 is 28.0. The number of benzene rings is 2. The number of nitrogens with zero attached hydrogens (tertiary/aromatic N) is 1. The number of ether oxygens (including phenoxy) is 1. The Morgan fingerprint density at radius 2 is 1.93 bits per heavy atom. The molecule has 0 heterocycles. The van der Waals surface area contributed by atoms with Crippen molar-refractivity contribution in [2.45, 2.75) is 9.79 Å². The standard InChI is InChI=1S/C17H16N2O7S2/c1-27-13-5-3-4-12(9-13)18-16(20)10-26-17(21)11-6-7-15(28(2,24)25)14(8-11)19(22)23/h3-9H,10H2,1-2H3,(H,18,20). The van der Waals surface area contributed by atoms with Gasteiger partial charge in [-0.2, -0.15) is 0 Å². The summed E-state index contributed by atoms with van der Waals surface area (Å²) in [7, 11) is -3.85. The number of thioether (sulfide) groups is 1. The number of amides is 1. The van der Waals surface area contributed by atoms with Gasteiger partial charge in [0.25, 0.3) is 11.6 Å². The molecule has 0 radical (unpaired) electrons.